The summed E-state index contributed by atoms with van der Waals surface area (Å²) in [5.74, 6) is 0. The fourth-order valence-electron chi connectivity index (χ4n) is 1.88. The maximum absolute atomic E-state index is 13.3. The fraction of sp³-hybridized carbons (Fsp3) is 1.00. The maximum atomic E-state index is 13.3. The Bertz CT molecular complexity index is 133. The Morgan fingerprint density at radius 3 is 2.56 bits per heavy atom. The molecule has 2 aliphatic heterocycles. The Morgan fingerprint density at radius 2 is 2.33 bits per heavy atom. The molecule has 0 aromatic heterocycles. The van der Waals surface area contributed by atoms with Crippen molar-refractivity contribution < 1.29 is 4.39 Å². The van der Waals surface area contributed by atoms with Crippen molar-refractivity contribution in [3.63, 3.8) is 0 Å². The van der Waals surface area contributed by atoms with Crippen LogP contribution in [-0.4, -0.2) is 16.2 Å². The average molecular weight is 146 g/mol. The first-order chi connectivity index (χ1) is 4.18. The van der Waals surface area contributed by atoms with Gasteiger partial charge in [-0.25, -0.2) is 4.39 Å². The third-order valence-corrected chi connectivity index (χ3v) is 4.25. The molecule has 0 N–H and O–H groups in total. The van der Waals surface area contributed by atoms with Crippen LogP contribution in [0.15, 0.2) is 0 Å². The molecule has 9 heavy (non-hydrogen) atoms. The summed E-state index contributed by atoms with van der Waals surface area (Å²) in [7, 11) is 0. The summed E-state index contributed by atoms with van der Waals surface area (Å²) in [5, 5.41) is 0.993. The molecule has 2 bridgehead atoms. The van der Waals surface area contributed by atoms with Crippen molar-refractivity contribution in [3.05, 3.63) is 0 Å². The SMILES string of the molecule is CC1(F)CC2CCC1S2. The van der Waals surface area contributed by atoms with Gasteiger partial charge in [0.05, 0.1) is 0 Å². The molecule has 3 atom stereocenters. The highest BCUT2D eigenvalue weighted by atomic mass is 32.2. The Hall–Kier alpha value is 0.280. The number of halogens is 1. The minimum atomic E-state index is -0.826. The highest BCUT2D eigenvalue weighted by Crippen LogP contribution is 2.53. The third-order valence-electron chi connectivity index (χ3n) is 2.41. The molecule has 0 spiro atoms. The predicted molar refractivity (Wildman–Crippen MR) is 38.5 cm³/mol. The minimum absolute atomic E-state index is 0.336. The van der Waals surface area contributed by atoms with Gasteiger partial charge in [-0.05, 0) is 26.2 Å². The number of fused-ring (bicyclic) bond motifs is 2. The van der Waals surface area contributed by atoms with Crippen molar-refractivity contribution in [1.29, 1.82) is 0 Å². The summed E-state index contributed by atoms with van der Waals surface area (Å²) in [6.45, 7) is 1.75. The number of thioether (sulfide) groups is 1. The predicted octanol–water partition coefficient (Wildman–Crippen LogP) is 2.38. The Morgan fingerprint density at radius 1 is 1.56 bits per heavy atom. The van der Waals surface area contributed by atoms with Crippen molar-refractivity contribution in [2.75, 3.05) is 0 Å². The van der Waals surface area contributed by atoms with Crippen LogP contribution in [0.3, 0.4) is 0 Å². The van der Waals surface area contributed by atoms with Gasteiger partial charge in [-0.1, -0.05) is 0 Å². The molecule has 0 saturated carbocycles. The first kappa shape index (κ1) is 6.02. The van der Waals surface area contributed by atoms with E-state index in [0.717, 1.165) is 12.8 Å². The topological polar surface area (TPSA) is 0 Å². The summed E-state index contributed by atoms with van der Waals surface area (Å²) < 4.78 is 13.3. The van der Waals surface area contributed by atoms with E-state index in [1.165, 1.54) is 6.42 Å². The van der Waals surface area contributed by atoms with E-state index < -0.39 is 5.67 Å². The molecule has 2 rings (SSSR count). The van der Waals surface area contributed by atoms with Gasteiger partial charge in [0.1, 0.15) is 5.67 Å². The third kappa shape index (κ3) is 0.794. The molecule has 0 aromatic carbocycles. The van der Waals surface area contributed by atoms with E-state index in [9.17, 15) is 4.39 Å². The lowest BCUT2D eigenvalue weighted by Gasteiger charge is -2.22. The second kappa shape index (κ2) is 1.66. The van der Waals surface area contributed by atoms with Gasteiger partial charge in [0.25, 0.3) is 0 Å². The van der Waals surface area contributed by atoms with E-state index in [1.807, 2.05) is 11.8 Å². The maximum Gasteiger partial charge on any atom is 0.121 e. The summed E-state index contributed by atoms with van der Waals surface area (Å²) in [6, 6.07) is 0. The summed E-state index contributed by atoms with van der Waals surface area (Å²) >= 11 is 1.86. The van der Waals surface area contributed by atoms with Gasteiger partial charge in [0.15, 0.2) is 0 Å². The monoisotopic (exact) mass is 146 g/mol. The van der Waals surface area contributed by atoms with Gasteiger partial charge >= 0.3 is 0 Å². The fourth-order valence-corrected chi connectivity index (χ4v) is 3.69. The standard InChI is InChI=1S/C7H11FS/c1-7(8)4-5-2-3-6(7)9-5/h5-6H,2-4H2,1H3. The van der Waals surface area contributed by atoms with Crippen LogP contribution in [0.5, 0.6) is 0 Å². The smallest absolute Gasteiger partial charge is 0.121 e. The Kier molecular flexibility index (Phi) is 1.11. The summed E-state index contributed by atoms with van der Waals surface area (Å²) in [4.78, 5) is 0. The van der Waals surface area contributed by atoms with Crippen molar-refractivity contribution in [2.24, 2.45) is 0 Å². The summed E-state index contributed by atoms with van der Waals surface area (Å²) in [5.41, 5.74) is -0.826. The van der Waals surface area contributed by atoms with Gasteiger partial charge in [0.2, 0.25) is 0 Å². The molecule has 2 saturated heterocycles. The van der Waals surface area contributed by atoms with Crippen LogP contribution in [0.2, 0.25) is 0 Å². The van der Waals surface area contributed by atoms with Crippen molar-refractivity contribution in [3.8, 4) is 0 Å². The van der Waals surface area contributed by atoms with Gasteiger partial charge in [-0.15, -0.1) is 0 Å². The van der Waals surface area contributed by atoms with Crippen LogP contribution >= 0.6 is 11.8 Å². The molecular weight excluding hydrogens is 135 g/mol. The van der Waals surface area contributed by atoms with E-state index in [0.29, 0.717) is 10.5 Å². The molecule has 3 unspecified atom stereocenters. The van der Waals surface area contributed by atoms with Crippen LogP contribution in [-0.2, 0) is 0 Å². The Labute approximate surface area is 59.2 Å². The van der Waals surface area contributed by atoms with Crippen LogP contribution in [0.1, 0.15) is 26.2 Å². The van der Waals surface area contributed by atoms with E-state index in [1.54, 1.807) is 6.92 Å². The lowest BCUT2D eigenvalue weighted by molar-refractivity contribution is 0.158. The average Bonchev–Trinajstić information content (AvgIpc) is 2.19. The molecule has 2 heteroatoms. The van der Waals surface area contributed by atoms with Crippen LogP contribution in [0.4, 0.5) is 4.39 Å². The number of hydrogen-bond acceptors (Lipinski definition) is 1. The van der Waals surface area contributed by atoms with Crippen molar-refractivity contribution in [1.82, 2.24) is 0 Å². The lowest BCUT2D eigenvalue weighted by atomic mass is 9.88. The molecular formula is C7H11FS. The molecule has 2 fully saturated rings. The molecule has 0 aliphatic carbocycles. The first-order valence-corrected chi connectivity index (χ1v) is 4.47. The zero-order chi connectivity index (χ0) is 6.48. The number of hydrogen-bond donors (Lipinski definition) is 0. The second-order valence-corrected chi connectivity index (χ2v) is 4.81. The van der Waals surface area contributed by atoms with Gasteiger partial charge < -0.3 is 0 Å². The minimum Gasteiger partial charge on any atom is -0.243 e. The highest BCUT2D eigenvalue weighted by Gasteiger charge is 2.49. The zero-order valence-electron chi connectivity index (χ0n) is 5.56. The molecule has 2 aliphatic rings. The van der Waals surface area contributed by atoms with Gasteiger partial charge in [-0.2, -0.15) is 11.8 Å². The number of alkyl halides is 1. The molecule has 0 amide bonds. The van der Waals surface area contributed by atoms with Crippen LogP contribution in [0, 0.1) is 0 Å². The zero-order valence-corrected chi connectivity index (χ0v) is 6.38. The molecule has 52 valence electrons. The molecule has 0 aromatic rings. The van der Waals surface area contributed by atoms with E-state index in [2.05, 4.69) is 0 Å². The van der Waals surface area contributed by atoms with Crippen molar-refractivity contribution in [2.45, 2.75) is 42.4 Å². The van der Waals surface area contributed by atoms with Crippen LogP contribution < -0.4 is 0 Å². The van der Waals surface area contributed by atoms with Gasteiger partial charge in [0, 0.05) is 10.5 Å². The first-order valence-electron chi connectivity index (χ1n) is 3.53. The van der Waals surface area contributed by atoms with Crippen LogP contribution in [0.25, 0.3) is 0 Å². The molecule has 0 radical (unpaired) electrons. The highest BCUT2D eigenvalue weighted by molar-refractivity contribution is 8.01. The second-order valence-electron chi connectivity index (χ2n) is 3.31. The van der Waals surface area contributed by atoms with E-state index in [4.69, 9.17) is 0 Å². The Balaban J connectivity index is 2.18. The van der Waals surface area contributed by atoms with Gasteiger partial charge in [-0.3, -0.25) is 0 Å². The normalized spacial score (nSPS) is 56.7. The van der Waals surface area contributed by atoms with E-state index in [-0.39, 0.29) is 0 Å². The number of rotatable bonds is 0. The lowest BCUT2D eigenvalue weighted by Crippen LogP contribution is -2.29. The molecule has 0 nitrogen and oxygen atoms in total. The largest absolute Gasteiger partial charge is 0.243 e. The molecule has 2 heterocycles. The quantitative estimate of drug-likeness (QED) is 0.505. The van der Waals surface area contributed by atoms with E-state index >= 15 is 0 Å². The van der Waals surface area contributed by atoms with Crippen molar-refractivity contribution >= 4 is 11.8 Å². The summed E-state index contributed by atoms with van der Waals surface area (Å²) in [6.07, 6.45) is 3.18.